The van der Waals surface area contributed by atoms with Gasteiger partial charge in [0.05, 0.1) is 12.0 Å². The van der Waals surface area contributed by atoms with Gasteiger partial charge >= 0.3 is 6.09 Å². The summed E-state index contributed by atoms with van der Waals surface area (Å²) >= 11 is 0. The molecule has 3 atom stereocenters. The SMILES string of the molecule is CC(C#N)CNC(C)C1CCCN(C(=O)OC(C)(C)C)C1. The Hall–Kier alpha value is -1.28. The number of nitriles is 1. The Morgan fingerprint density at radius 2 is 2.14 bits per heavy atom. The number of hydrogen-bond donors (Lipinski definition) is 1. The number of piperidine rings is 1. The van der Waals surface area contributed by atoms with E-state index in [4.69, 9.17) is 10.00 Å². The van der Waals surface area contributed by atoms with Gasteiger partial charge in [-0.1, -0.05) is 0 Å². The van der Waals surface area contributed by atoms with Crippen LogP contribution >= 0.6 is 0 Å². The molecule has 1 aliphatic heterocycles. The van der Waals surface area contributed by atoms with Crippen LogP contribution in [0.2, 0.25) is 0 Å². The lowest BCUT2D eigenvalue weighted by molar-refractivity contribution is 0.0148. The highest BCUT2D eigenvalue weighted by Gasteiger charge is 2.30. The smallest absolute Gasteiger partial charge is 0.410 e. The minimum Gasteiger partial charge on any atom is -0.444 e. The highest BCUT2D eigenvalue weighted by atomic mass is 16.6. The maximum Gasteiger partial charge on any atom is 0.410 e. The lowest BCUT2D eigenvalue weighted by Gasteiger charge is -2.37. The normalized spacial score (nSPS) is 22.3. The van der Waals surface area contributed by atoms with Crippen LogP contribution in [0.1, 0.15) is 47.5 Å². The summed E-state index contributed by atoms with van der Waals surface area (Å²) in [6, 6.07) is 2.53. The molecule has 5 heteroatoms. The number of carbonyl (C=O) groups excluding carboxylic acids is 1. The average molecular weight is 295 g/mol. The quantitative estimate of drug-likeness (QED) is 0.866. The van der Waals surface area contributed by atoms with Crippen LogP contribution in [0.5, 0.6) is 0 Å². The molecule has 1 aliphatic rings. The first-order valence-corrected chi connectivity index (χ1v) is 7.84. The van der Waals surface area contributed by atoms with Crippen molar-refractivity contribution in [3.05, 3.63) is 0 Å². The van der Waals surface area contributed by atoms with Gasteiger partial charge in [0.2, 0.25) is 0 Å². The molecule has 0 spiro atoms. The fraction of sp³-hybridized carbons (Fsp3) is 0.875. The molecule has 120 valence electrons. The van der Waals surface area contributed by atoms with Gasteiger partial charge in [0.15, 0.2) is 0 Å². The summed E-state index contributed by atoms with van der Waals surface area (Å²) in [6.45, 7) is 11.9. The molecular formula is C16H29N3O2. The Labute approximate surface area is 128 Å². The third-order valence-electron chi connectivity index (χ3n) is 3.78. The molecule has 0 radical (unpaired) electrons. The first kappa shape index (κ1) is 17.8. The zero-order chi connectivity index (χ0) is 16.0. The third-order valence-corrected chi connectivity index (χ3v) is 3.78. The van der Waals surface area contributed by atoms with Gasteiger partial charge in [-0.25, -0.2) is 4.79 Å². The standard InChI is InChI=1S/C16H29N3O2/c1-12(9-17)10-18-13(2)14-7-6-8-19(11-14)15(20)21-16(3,4)5/h12-14,18H,6-8,10-11H2,1-5H3. The summed E-state index contributed by atoms with van der Waals surface area (Å²) in [5.41, 5.74) is -0.448. The van der Waals surface area contributed by atoms with Crippen LogP contribution in [0, 0.1) is 23.2 Å². The van der Waals surface area contributed by atoms with Crippen molar-refractivity contribution in [3.63, 3.8) is 0 Å². The second-order valence-electron chi connectivity index (χ2n) is 7.06. The summed E-state index contributed by atoms with van der Waals surface area (Å²) in [7, 11) is 0. The fourth-order valence-electron chi connectivity index (χ4n) is 2.49. The van der Waals surface area contributed by atoms with Gasteiger partial charge in [0.1, 0.15) is 5.60 Å². The van der Waals surface area contributed by atoms with Gasteiger partial charge in [-0.15, -0.1) is 0 Å². The zero-order valence-corrected chi connectivity index (χ0v) is 14.0. The van der Waals surface area contributed by atoms with E-state index in [9.17, 15) is 4.79 Å². The van der Waals surface area contributed by atoms with Gasteiger partial charge in [0.25, 0.3) is 0 Å². The lowest BCUT2D eigenvalue weighted by Crippen LogP contribution is -2.48. The maximum absolute atomic E-state index is 12.1. The number of carbonyl (C=O) groups is 1. The van der Waals surface area contributed by atoms with Crippen LogP contribution in [0.15, 0.2) is 0 Å². The van der Waals surface area contributed by atoms with Crippen LogP contribution in [0.3, 0.4) is 0 Å². The van der Waals surface area contributed by atoms with E-state index in [1.807, 2.05) is 32.6 Å². The minimum absolute atomic E-state index is 0.0120. The Balaban J connectivity index is 2.48. The molecule has 1 fully saturated rings. The topological polar surface area (TPSA) is 65.4 Å². The first-order valence-electron chi connectivity index (χ1n) is 7.84. The first-order chi connectivity index (χ1) is 9.73. The number of likely N-dealkylation sites (tertiary alicyclic amines) is 1. The van der Waals surface area contributed by atoms with Crippen molar-refractivity contribution < 1.29 is 9.53 Å². The predicted octanol–water partition coefficient (Wildman–Crippen LogP) is 2.77. The van der Waals surface area contributed by atoms with Gasteiger partial charge in [-0.05, 0) is 53.4 Å². The molecule has 0 aromatic carbocycles. The summed E-state index contributed by atoms with van der Waals surface area (Å²) < 4.78 is 5.44. The van der Waals surface area contributed by atoms with E-state index >= 15 is 0 Å². The molecular weight excluding hydrogens is 266 g/mol. The van der Waals surface area contributed by atoms with E-state index in [0.717, 1.165) is 25.9 Å². The van der Waals surface area contributed by atoms with Crippen LogP contribution in [0.25, 0.3) is 0 Å². The molecule has 3 unspecified atom stereocenters. The van der Waals surface area contributed by atoms with Crippen molar-refractivity contribution in [2.24, 2.45) is 11.8 Å². The molecule has 1 N–H and O–H groups in total. The van der Waals surface area contributed by atoms with E-state index < -0.39 is 5.60 Å². The van der Waals surface area contributed by atoms with Crippen LogP contribution in [0.4, 0.5) is 4.79 Å². The number of nitrogens with zero attached hydrogens (tertiary/aromatic N) is 2. The summed E-state index contributed by atoms with van der Waals surface area (Å²) in [4.78, 5) is 13.9. The molecule has 0 aliphatic carbocycles. The fourth-order valence-corrected chi connectivity index (χ4v) is 2.49. The zero-order valence-electron chi connectivity index (χ0n) is 14.0. The Morgan fingerprint density at radius 3 is 2.71 bits per heavy atom. The van der Waals surface area contributed by atoms with Crippen LogP contribution in [-0.4, -0.2) is 42.3 Å². The van der Waals surface area contributed by atoms with Crippen molar-refractivity contribution in [1.82, 2.24) is 10.2 Å². The van der Waals surface area contributed by atoms with Crippen LogP contribution in [-0.2, 0) is 4.74 Å². The molecule has 1 saturated heterocycles. The largest absolute Gasteiger partial charge is 0.444 e. The molecule has 5 nitrogen and oxygen atoms in total. The molecule has 0 bridgehead atoms. The number of rotatable bonds is 4. The maximum atomic E-state index is 12.1. The predicted molar refractivity (Wildman–Crippen MR) is 82.8 cm³/mol. The Kier molecular flexibility index (Phi) is 6.47. The number of hydrogen-bond acceptors (Lipinski definition) is 4. The molecule has 1 rings (SSSR count). The van der Waals surface area contributed by atoms with Gasteiger partial charge in [-0.2, -0.15) is 5.26 Å². The third kappa shape index (κ3) is 6.34. The minimum atomic E-state index is -0.448. The van der Waals surface area contributed by atoms with E-state index in [1.54, 1.807) is 0 Å². The van der Waals surface area contributed by atoms with Gasteiger partial charge in [0, 0.05) is 25.7 Å². The van der Waals surface area contributed by atoms with Crippen molar-refractivity contribution >= 4 is 6.09 Å². The van der Waals surface area contributed by atoms with E-state index in [0.29, 0.717) is 18.5 Å². The number of amides is 1. The second kappa shape index (κ2) is 7.65. The molecule has 0 saturated carbocycles. The second-order valence-corrected chi connectivity index (χ2v) is 7.06. The van der Waals surface area contributed by atoms with E-state index in [1.165, 1.54) is 0 Å². The molecule has 0 aromatic heterocycles. The van der Waals surface area contributed by atoms with Crippen molar-refractivity contribution in [2.75, 3.05) is 19.6 Å². The monoisotopic (exact) mass is 295 g/mol. The summed E-state index contributed by atoms with van der Waals surface area (Å²) in [6.07, 6.45) is 1.89. The number of nitrogens with one attached hydrogen (secondary N) is 1. The van der Waals surface area contributed by atoms with Crippen molar-refractivity contribution in [1.29, 1.82) is 5.26 Å². The highest BCUT2D eigenvalue weighted by molar-refractivity contribution is 5.68. The summed E-state index contributed by atoms with van der Waals surface area (Å²) in [5, 5.41) is 12.2. The average Bonchev–Trinajstić information content (AvgIpc) is 2.42. The van der Waals surface area contributed by atoms with Gasteiger partial charge < -0.3 is 15.0 Å². The van der Waals surface area contributed by atoms with Crippen LogP contribution < -0.4 is 5.32 Å². The molecule has 21 heavy (non-hydrogen) atoms. The number of ether oxygens (including phenoxy) is 1. The Bertz CT molecular complexity index is 384. The lowest BCUT2D eigenvalue weighted by atomic mass is 9.91. The molecule has 1 amide bonds. The highest BCUT2D eigenvalue weighted by Crippen LogP contribution is 2.22. The van der Waals surface area contributed by atoms with E-state index in [2.05, 4.69) is 18.3 Å². The van der Waals surface area contributed by atoms with Crippen molar-refractivity contribution in [3.8, 4) is 6.07 Å². The van der Waals surface area contributed by atoms with Gasteiger partial charge in [-0.3, -0.25) is 0 Å². The van der Waals surface area contributed by atoms with E-state index in [-0.39, 0.29) is 12.0 Å². The molecule has 1 heterocycles. The Morgan fingerprint density at radius 1 is 1.48 bits per heavy atom. The van der Waals surface area contributed by atoms with Crippen molar-refractivity contribution in [2.45, 2.75) is 59.1 Å². The molecule has 0 aromatic rings. The summed E-state index contributed by atoms with van der Waals surface area (Å²) in [5.74, 6) is 0.426.